The highest BCUT2D eigenvalue weighted by atomic mass is 32.2. The molecule has 2 amide bonds. The van der Waals surface area contributed by atoms with Crippen molar-refractivity contribution in [1.82, 2.24) is 15.0 Å². The number of thioether (sulfide) groups is 1. The third-order valence-electron chi connectivity index (χ3n) is 4.25. The van der Waals surface area contributed by atoms with E-state index >= 15 is 0 Å². The van der Waals surface area contributed by atoms with Crippen molar-refractivity contribution in [2.45, 2.75) is 31.8 Å². The molecule has 0 aliphatic rings. The molecule has 0 unspecified atom stereocenters. The predicted octanol–water partition coefficient (Wildman–Crippen LogP) is 3.45. The number of hydrogen-bond donors (Lipinski definition) is 3. The first-order valence-electron chi connectivity index (χ1n) is 9.13. The van der Waals surface area contributed by atoms with E-state index in [-0.39, 0.29) is 23.8 Å². The fourth-order valence-corrected chi connectivity index (χ4v) is 3.95. The zero-order chi connectivity index (χ0) is 21.7. The van der Waals surface area contributed by atoms with Crippen molar-refractivity contribution in [3.8, 4) is 11.3 Å². The lowest BCUT2D eigenvalue weighted by Gasteiger charge is -2.06. The molecule has 0 radical (unpaired) electrons. The summed E-state index contributed by atoms with van der Waals surface area (Å²) in [6, 6.07) is 7.30. The monoisotopic (exact) mass is 443 g/mol. The molecule has 0 aliphatic carbocycles. The highest BCUT2D eigenvalue weighted by Gasteiger charge is 2.12. The lowest BCUT2D eigenvalue weighted by Crippen LogP contribution is -2.20. The minimum absolute atomic E-state index is 0.130. The molecular weight excluding hydrogens is 422 g/mol. The lowest BCUT2D eigenvalue weighted by atomic mass is 10.1. The molecule has 3 N–H and O–H groups in total. The number of nitrogens with one attached hydrogen (secondary N) is 3. The first kappa shape index (κ1) is 21.7. The summed E-state index contributed by atoms with van der Waals surface area (Å²) < 4.78 is 0. The smallest absolute Gasteiger partial charge is 0.254 e. The van der Waals surface area contributed by atoms with Crippen LogP contribution in [-0.4, -0.2) is 33.0 Å². The van der Waals surface area contributed by atoms with E-state index in [4.69, 9.17) is 0 Å². The van der Waals surface area contributed by atoms with E-state index in [0.29, 0.717) is 33.7 Å². The van der Waals surface area contributed by atoms with Crippen LogP contribution in [0.2, 0.25) is 0 Å². The Morgan fingerprint density at radius 2 is 1.90 bits per heavy atom. The Morgan fingerprint density at radius 1 is 1.17 bits per heavy atom. The van der Waals surface area contributed by atoms with Gasteiger partial charge in [0.25, 0.3) is 5.56 Å². The number of carbonyl (C=O) groups excluding carboxylic acids is 2. The fraction of sp³-hybridized carbons (Fsp3) is 0.250. The summed E-state index contributed by atoms with van der Waals surface area (Å²) >= 11 is 2.69. The number of anilines is 2. The van der Waals surface area contributed by atoms with Gasteiger partial charge in [-0.25, -0.2) is 9.97 Å². The molecule has 8 nitrogen and oxygen atoms in total. The van der Waals surface area contributed by atoms with Gasteiger partial charge in [-0.1, -0.05) is 23.9 Å². The molecule has 0 bridgehead atoms. The molecule has 0 saturated heterocycles. The number of aromatic nitrogens is 3. The molecule has 30 heavy (non-hydrogen) atoms. The maximum atomic E-state index is 12.3. The molecule has 0 spiro atoms. The van der Waals surface area contributed by atoms with Crippen LogP contribution in [0.3, 0.4) is 0 Å². The van der Waals surface area contributed by atoms with Crippen LogP contribution >= 0.6 is 23.1 Å². The topological polar surface area (TPSA) is 117 Å². The summed E-state index contributed by atoms with van der Waals surface area (Å²) in [6.45, 7) is 3.23. The molecule has 3 aromatic rings. The van der Waals surface area contributed by atoms with Gasteiger partial charge in [-0.05, 0) is 31.7 Å². The van der Waals surface area contributed by atoms with E-state index in [2.05, 4.69) is 25.6 Å². The Hall–Kier alpha value is -2.98. The Kier molecular flexibility index (Phi) is 7.01. The average molecular weight is 444 g/mol. The second kappa shape index (κ2) is 9.68. The van der Waals surface area contributed by atoms with E-state index in [1.165, 1.54) is 30.0 Å². The van der Waals surface area contributed by atoms with Crippen LogP contribution in [0.25, 0.3) is 11.3 Å². The molecule has 0 aliphatic heterocycles. The Labute approximate surface area is 181 Å². The normalized spacial score (nSPS) is 10.6. The van der Waals surface area contributed by atoms with Gasteiger partial charge in [0.05, 0.1) is 5.69 Å². The first-order chi connectivity index (χ1) is 14.4. The molecule has 3 rings (SSSR count). The predicted molar refractivity (Wildman–Crippen MR) is 120 cm³/mol. The van der Waals surface area contributed by atoms with Crippen LogP contribution in [0.4, 0.5) is 10.8 Å². The number of hydrogen-bond acceptors (Lipinski definition) is 7. The van der Waals surface area contributed by atoms with Crippen LogP contribution in [0.1, 0.15) is 24.6 Å². The van der Waals surface area contributed by atoms with Crippen molar-refractivity contribution in [1.29, 1.82) is 0 Å². The summed E-state index contributed by atoms with van der Waals surface area (Å²) in [5.41, 5.74) is 3.26. The van der Waals surface area contributed by atoms with E-state index < -0.39 is 0 Å². The second-order valence-electron chi connectivity index (χ2n) is 6.48. The molecule has 0 atom stereocenters. The Morgan fingerprint density at radius 3 is 2.53 bits per heavy atom. The quantitative estimate of drug-likeness (QED) is 0.380. The summed E-state index contributed by atoms with van der Waals surface area (Å²) in [6.07, 6.45) is 2.30. The van der Waals surface area contributed by atoms with E-state index in [1.54, 1.807) is 19.1 Å². The summed E-state index contributed by atoms with van der Waals surface area (Å²) in [5.74, 6) is -0.348. The van der Waals surface area contributed by atoms with Gasteiger partial charge < -0.3 is 15.6 Å². The van der Waals surface area contributed by atoms with Crippen molar-refractivity contribution in [3.63, 3.8) is 0 Å². The Balaban J connectivity index is 1.60. The van der Waals surface area contributed by atoms with Crippen molar-refractivity contribution in [2.75, 3.05) is 16.9 Å². The van der Waals surface area contributed by atoms with Gasteiger partial charge in [0.2, 0.25) is 11.8 Å². The largest absolute Gasteiger partial charge is 0.326 e. The van der Waals surface area contributed by atoms with Crippen LogP contribution in [0.5, 0.6) is 0 Å². The third-order valence-corrected chi connectivity index (χ3v) is 5.59. The molecule has 2 aromatic heterocycles. The van der Waals surface area contributed by atoms with Gasteiger partial charge in [0.15, 0.2) is 10.3 Å². The van der Waals surface area contributed by atoms with Gasteiger partial charge >= 0.3 is 0 Å². The molecule has 0 fully saturated rings. The maximum absolute atomic E-state index is 12.3. The number of aryl methyl sites for hydroxylation is 1. The van der Waals surface area contributed by atoms with Gasteiger partial charge in [-0.3, -0.25) is 14.4 Å². The standard InChI is InChI=1S/C20H21N5O3S2/c1-11-15(18(28)25-19(21-11)29-3)8-9-17(27)24-20-23-16(10-30-20)13-4-6-14(7-5-13)22-12(2)26/h4-7,10H,8-9H2,1-3H3,(H,22,26)(H,21,25,28)(H,23,24,27). The summed E-state index contributed by atoms with van der Waals surface area (Å²) in [4.78, 5) is 47.0. The maximum Gasteiger partial charge on any atom is 0.254 e. The summed E-state index contributed by atoms with van der Waals surface area (Å²) in [5, 5.41) is 8.39. The molecule has 156 valence electrons. The number of thiazole rings is 1. The highest BCUT2D eigenvalue weighted by molar-refractivity contribution is 7.98. The van der Waals surface area contributed by atoms with Crippen molar-refractivity contribution in [2.24, 2.45) is 0 Å². The van der Waals surface area contributed by atoms with Crippen LogP contribution in [-0.2, 0) is 16.0 Å². The van der Waals surface area contributed by atoms with E-state index in [9.17, 15) is 14.4 Å². The number of benzene rings is 1. The minimum Gasteiger partial charge on any atom is -0.326 e. The number of rotatable bonds is 7. The minimum atomic E-state index is -0.218. The number of amides is 2. The lowest BCUT2D eigenvalue weighted by molar-refractivity contribution is -0.116. The highest BCUT2D eigenvalue weighted by Crippen LogP contribution is 2.26. The molecule has 1 aromatic carbocycles. The van der Waals surface area contributed by atoms with Crippen molar-refractivity contribution < 1.29 is 9.59 Å². The molecule has 2 heterocycles. The number of aromatic amines is 1. The molecule has 10 heteroatoms. The number of carbonyl (C=O) groups is 2. The zero-order valence-electron chi connectivity index (χ0n) is 16.7. The van der Waals surface area contributed by atoms with Crippen LogP contribution in [0, 0.1) is 6.92 Å². The van der Waals surface area contributed by atoms with Crippen molar-refractivity contribution >= 4 is 45.7 Å². The molecule has 0 saturated carbocycles. The number of H-pyrrole nitrogens is 1. The number of nitrogens with zero attached hydrogens (tertiary/aromatic N) is 2. The van der Waals surface area contributed by atoms with Gasteiger partial charge in [0, 0.05) is 41.2 Å². The second-order valence-corrected chi connectivity index (χ2v) is 8.14. The van der Waals surface area contributed by atoms with Crippen LogP contribution < -0.4 is 16.2 Å². The third kappa shape index (κ3) is 5.55. The SMILES string of the molecule is CSc1nc(C)c(CCC(=O)Nc2nc(-c3ccc(NC(C)=O)cc3)cs2)c(=O)[nH]1. The van der Waals surface area contributed by atoms with E-state index in [1.807, 2.05) is 23.8 Å². The summed E-state index contributed by atoms with van der Waals surface area (Å²) in [7, 11) is 0. The van der Waals surface area contributed by atoms with Crippen molar-refractivity contribution in [3.05, 3.63) is 51.3 Å². The zero-order valence-corrected chi connectivity index (χ0v) is 18.4. The molecular formula is C20H21N5O3S2. The fourth-order valence-electron chi connectivity index (χ4n) is 2.79. The van der Waals surface area contributed by atoms with E-state index in [0.717, 1.165) is 11.3 Å². The average Bonchev–Trinajstić information content (AvgIpc) is 3.15. The van der Waals surface area contributed by atoms with Crippen LogP contribution in [0.15, 0.2) is 39.6 Å². The Bertz CT molecular complexity index is 1120. The first-order valence-corrected chi connectivity index (χ1v) is 11.2. The van der Waals surface area contributed by atoms with Gasteiger partial charge in [-0.15, -0.1) is 11.3 Å². The van der Waals surface area contributed by atoms with Gasteiger partial charge in [-0.2, -0.15) is 0 Å². The van der Waals surface area contributed by atoms with Gasteiger partial charge in [0.1, 0.15) is 0 Å².